The van der Waals surface area contributed by atoms with Crippen molar-refractivity contribution in [3.05, 3.63) is 0 Å². The average Bonchev–Trinajstić information content (AvgIpc) is 2.59. The summed E-state index contributed by atoms with van der Waals surface area (Å²) in [5.74, 6) is 0.905. The van der Waals surface area contributed by atoms with Gasteiger partial charge in [0.1, 0.15) is 6.10 Å². The lowest BCUT2D eigenvalue weighted by atomic mass is 9.96. The molecule has 0 bridgehead atoms. The van der Waals surface area contributed by atoms with E-state index in [4.69, 9.17) is 14.9 Å². The number of rotatable bonds is 19. The van der Waals surface area contributed by atoms with Gasteiger partial charge in [0.15, 0.2) is 0 Å². The Morgan fingerprint density at radius 3 is 1.79 bits per heavy atom. The van der Waals surface area contributed by atoms with E-state index in [-0.39, 0.29) is 13.2 Å². The largest absolute Gasteiger partial charge is 0.394 e. The SMILES string of the molecule is CCCCCCCCC(C)CCCCCCCCOCC(O)CO. The average molecular weight is 345 g/mol. The molecule has 0 saturated heterocycles. The van der Waals surface area contributed by atoms with Gasteiger partial charge in [0.25, 0.3) is 0 Å². The van der Waals surface area contributed by atoms with Crippen LogP contribution in [0.5, 0.6) is 0 Å². The lowest BCUT2D eigenvalue weighted by molar-refractivity contribution is 0.00525. The van der Waals surface area contributed by atoms with Crippen LogP contribution in [-0.2, 0) is 4.74 Å². The second-order valence-electron chi connectivity index (χ2n) is 7.48. The van der Waals surface area contributed by atoms with E-state index >= 15 is 0 Å². The van der Waals surface area contributed by atoms with Crippen molar-refractivity contribution < 1.29 is 14.9 Å². The molecule has 24 heavy (non-hydrogen) atoms. The maximum absolute atomic E-state index is 9.13. The van der Waals surface area contributed by atoms with Crippen LogP contribution in [0.25, 0.3) is 0 Å². The molecule has 0 aromatic heterocycles. The minimum Gasteiger partial charge on any atom is -0.394 e. The van der Waals surface area contributed by atoms with Gasteiger partial charge in [-0.25, -0.2) is 0 Å². The first kappa shape index (κ1) is 23.9. The molecule has 0 aliphatic carbocycles. The molecule has 0 spiro atoms. The Morgan fingerprint density at radius 2 is 1.25 bits per heavy atom. The molecule has 3 nitrogen and oxygen atoms in total. The van der Waals surface area contributed by atoms with Crippen molar-refractivity contribution in [2.45, 2.75) is 110 Å². The van der Waals surface area contributed by atoms with E-state index in [0.717, 1.165) is 12.3 Å². The first-order valence-electron chi connectivity index (χ1n) is 10.6. The van der Waals surface area contributed by atoms with Crippen LogP contribution in [0.4, 0.5) is 0 Å². The molecule has 0 aliphatic heterocycles. The number of unbranched alkanes of at least 4 members (excludes halogenated alkanes) is 10. The van der Waals surface area contributed by atoms with Crippen LogP contribution in [0.3, 0.4) is 0 Å². The van der Waals surface area contributed by atoms with Crippen LogP contribution < -0.4 is 0 Å². The van der Waals surface area contributed by atoms with Gasteiger partial charge >= 0.3 is 0 Å². The number of hydrogen-bond donors (Lipinski definition) is 2. The summed E-state index contributed by atoms with van der Waals surface area (Å²) < 4.78 is 5.30. The fraction of sp³-hybridized carbons (Fsp3) is 1.00. The van der Waals surface area contributed by atoms with Gasteiger partial charge in [-0.3, -0.25) is 0 Å². The minimum atomic E-state index is -0.719. The molecular formula is C21H44O3. The van der Waals surface area contributed by atoms with Crippen molar-refractivity contribution >= 4 is 0 Å². The van der Waals surface area contributed by atoms with Crippen molar-refractivity contribution in [2.24, 2.45) is 5.92 Å². The highest BCUT2D eigenvalue weighted by molar-refractivity contribution is 4.56. The predicted octanol–water partition coefficient (Wildman–Crippen LogP) is 5.47. The second kappa shape index (κ2) is 19.2. The summed E-state index contributed by atoms with van der Waals surface area (Å²) in [5, 5.41) is 17.8. The van der Waals surface area contributed by atoms with E-state index < -0.39 is 6.10 Å². The third-order valence-electron chi connectivity index (χ3n) is 4.81. The Labute approximate surface area is 151 Å². The van der Waals surface area contributed by atoms with Crippen LogP contribution in [0.2, 0.25) is 0 Å². The topological polar surface area (TPSA) is 49.7 Å². The zero-order chi connectivity index (χ0) is 17.9. The lowest BCUT2D eigenvalue weighted by Crippen LogP contribution is -2.19. The third kappa shape index (κ3) is 18.2. The molecule has 0 amide bonds. The van der Waals surface area contributed by atoms with Crippen LogP contribution in [0.1, 0.15) is 104 Å². The predicted molar refractivity (Wildman–Crippen MR) is 103 cm³/mol. The van der Waals surface area contributed by atoms with Gasteiger partial charge in [0.2, 0.25) is 0 Å². The van der Waals surface area contributed by atoms with Gasteiger partial charge in [0.05, 0.1) is 13.2 Å². The molecule has 0 aromatic rings. The first-order chi connectivity index (χ1) is 11.7. The third-order valence-corrected chi connectivity index (χ3v) is 4.81. The molecule has 0 rings (SSSR count). The van der Waals surface area contributed by atoms with E-state index in [2.05, 4.69) is 13.8 Å². The summed E-state index contributed by atoms with van der Waals surface area (Å²) in [4.78, 5) is 0. The highest BCUT2D eigenvalue weighted by Gasteiger charge is 2.03. The summed E-state index contributed by atoms with van der Waals surface area (Å²) in [6, 6.07) is 0. The van der Waals surface area contributed by atoms with E-state index in [9.17, 15) is 0 Å². The molecule has 0 heterocycles. The van der Waals surface area contributed by atoms with Gasteiger partial charge in [-0.15, -0.1) is 0 Å². The number of aliphatic hydroxyl groups is 2. The highest BCUT2D eigenvalue weighted by Crippen LogP contribution is 2.18. The standard InChI is InChI=1S/C21H44O3/c1-3-4-5-6-9-12-15-20(2)16-13-10-7-8-11-14-17-24-19-21(23)18-22/h20-23H,3-19H2,1-2H3. The van der Waals surface area contributed by atoms with Crippen molar-refractivity contribution in [3.8, 4) is 0 Å². The molecule has 0 aromatic carbocycles. The summed E-state index contributed by atoms with van der Waals surface area (Å²) >= 11 is 0. The lowest BCUT2D eigenvalue weighted by Gasteiger charge is -2.11. The van der Waals surface area contributed by atoms with Crippen LogP contribution in [-0.4, -0.2) is 36.1 Å². The minimum absolute atomic E-state index is 0.211. The van der Waals surface area contributed by atoms with E-state index in [1.165, 1.54) is 83.5 Å². The molecule has 146 valence electrons. The normalized spacial score (nSPS) is 14.0. The van der Waals surface area contributed by atoms with Gasteiger partial charge in [-0.1, -0.05) is 97.3 Å². The van der Waals surface area contributed by atoms with E-state index in [1.807, 2.05) is 0 Å². The van der Waals surface area contributed by atoms with Crippen molar-refractivity contribution in [3.63, 3.8) is 0 Å². The molecular weight excluding hydrogens is 300 g/mol. The fourth-order valence-corrected chi connectivity index (χ4v) is 3.09. The van der Waals surface area contributed by atoms with Gasteiger partial charge in [-0.05, 0) is 12.3 Å². The van der Waals surface area contributed by atoms with Crippen LogP contribution >= 0.6 is 0 Å². The second-order valence-corrected chi connectivity index (χ2v) is 7.48. The Hall–Kier alpha value is -0.120. The maximum Gasteiger partial charge on any atom is 0.100 e. The monoisotopic (exact) mass is 344 g/mol. The number of aliphatic hydroxyl groups excluding tert-OH is 2. The quantitative estimate of drug-likeness (QED) is 0.305. The Balaban J connectivity index is 3.15. The smallest absolute Gasteiger partial charge is 0.100 e. The van der Waals surface area contributed by atoms with Gasteiger partial charge in [-0.2, -0.15) is 0 Å². The number of hydrogen-bond acceptors (Lipinski definition) is 3. The molecule has 0 radical (unpaired) electrons. The highest BCUT2D eigenvalue weighted by atomic mass is 16.5. The van der Waals surface area contributed by atoms with E-state index in [0.29, 0.717) is 6.61 Å². The molecule has 0 fully saturated rings. The molecule has 0 saturated carbocycles. The molecule has 0 aliphatic rings. The summed E-state index contributed by atoms with van der Waals surface area (Å²) in [6.45, 7) is 5.45. The molecule has 3 heteroatoms. The van der Waals surface area contributed by atoms with Crippen LogP contribution in [0, 0.1) is 5.92 Å². The van der Waals surface area contributed by atoms with Crippen molar-refractivity contribution in [2.75, 3.05) is 19.8 Å². The summed E-state index contributed by atoms with van der Waals surface area (Å²) in [6.07, 6.45) is 18.2. The molecule has 2 atom stereocenters. The summed E-state index contributed by atoms with van der Waals surface area (Å²) in [5.41, 5.74) is 0. The maximum atomic E-state index is 9.13. The van der Waals surface area contributed by atoms with Crippen molar-refractivity contribution in [1.82, 2.24) is 0 Å². The Kier molecular flexibility index (Phi) is 19.1. The number of ether oxygens (including phenoxy) is 1. The zero-order valence-electron chi connectivity index (χ0n) is 16.5. The zero-order valence-corrected chi connectivity index (χ0v) is 16.5. The van der Waals surface area contributed by atoms with Gasteiger partial charge < -0.3 is 14.9 Å². The molecule has 2 unspecified atom stereocenters. The molecule has 2 N–H and O–H groups in total. The van der Waals surface area contributed by atoms with Gasteiger partial charge in [0, 0.05) is 6.61 Å². The van der Waals surface area contributed by atoms with E-state index in [1.54, 1.807) is 0 Å². The summed E-state index contributed by atoms with van der Waals surface area (Å²) in [7, 11) is 0. The fourth-order valence-electron chi connectivity index (χ4n) is 3.09. The first-order valence-corrected chi connectivity index (χ1v) is 10.6. The van der Waals surface area contributed by atoms with Crippen LogP contribution in [0.15, 0.2) is 0 Å². The Bertz CT molecular complexity index is 233. The Morgan fingerprint density at radius 1 is 0.750 bits per heavy atom. The van der Waals surface area contributed by atoms with Crippen molar-refractivity contribution in [1.29, 1.82) is 0 Å².